The zero-order valence-corrected chi connectivity index (χ0v) is 21.1. The number of carbonyl (C=O) groups is 1. The third-order valence-electron chi connectivity index (χ3n) is 6.80. The van der Waals surface area contributed by atoms with Crippen LogP contribution in [0.4, 0.5) is 5.13 Å². The third kappa shape index (κ3) is 5.11. The van der Waals surface area contributed by atoms with Gasteiger partial charge in [-0.25, -0.2) is 18.4 Å². The average Bonchev–Trinajstić information content (AvgIpc) is 3.64. The molecule has 1 unspecified atom stereocenters. The van der Waals surface area contributed by atoms with Crippen LogP contribution in [0.15, 0.2) is 40.2 Å². The molecule has 3 aromatic rings. The summed E-state index contributed by atoms with van der Waals surface area (Å²) in [5.74, 6) is 0.436. The molecule has 3 aromatic heterocycles. The first-order chi connectivity index (χ1) is 16.8. The number of thiazole rings is 1. The van der Waals surface area contributed by atoms with E-state index in [2.05, 4.69) is 15.3 Å². The van der Waals surface area contributed by atoms with Gasteiger partial charge in [0.1, 0.15) is 16.4 Å². The van der Waals surface area contributed by atoms with Gasteiger partial charge in [0, 0.05) is 18.3 Å². The Labute approximate surface area is 207 Å². The first kappa shape index (κ1) is 23.9. The first-order valence-corrected chi connectivity index (χ1v) is 14.3. The van der Waals surface area contributed by atoms with Crippen molar-refractivity contribution in [2.75, 3.05) is 12.4 Å². The molecular weight excluding hydrogens is 488 g/mol. The molecule has 1 amide bonds. The van der Waals surface area contributed by atoms with Crippen LogP contribution >= 0.6 is 11.3 Å². The highest BCUT2D eigenvalue weighted by atomic mass is 32.2. The minimum atomic E-state index is -3.49. The fourth-order valence-electron chi connectivity index (χ4n) is 4.72. The predicted octanol–water partition coefficient (Wildman–Crippen LogP) is 3.95. The summed E-state index contributed by atoms with van der Waals surface area (Å²) in [5.41, 5.74) is 0.153. The van der Waals surface area contributed by atoms with Crippen LogP contribution in [0.25, 0.3) is 10.3 Å². The molecule has 11 heteroatoms. The molecule has 3 heterocycles. The molecule has 0 spiro atoms. The largest absolute Gasteiger partial charge is 0.481 e. The Hall–Kier alpha value is -2.79. The molecule has 2 saturated carbocycles. The lowest BCUT2D eigenvalue weighted by atomic mass is 9.84. The van der Waals surface area contributed by atoms with Gasteiger partial charge in [-0.3, -0.25) is 9.59 Å². The number of hydrogen-bond donors (Lipinski definition) is 1. The number of nitrogens with zero attached hydrogens (tertiary/aromatic N) is 3. The minimum Gasteiger partial charge on any atom is -0.481 e. The summed E-state index contributed by atoms with van der Waals surface area (Å²) in [6, 6.07) is 5.32. The van der Waals surface area contributed by atoms with Crippen LogP contribution < -0.4 is 15.6 Å². The highest BCUT2D eigenvalue weighted by Crippen LogP contribution is 2.34. The van der Waals surface area contributed by atoms with Crippen LogP contribution in [0, 0.1) is 5.92 Å². The summed E-state index contributed by atoms with van der Waals surface area (Å²) in [6.07, 6.45) is 8.64. The van der Waals surface area contributed by atoms with Crippen LogP contribution in [0.3, 0.4) is 0 Å². The Morgan fingerprint density at radius 1 is 1.17 bits per heavy atom. The van der Waals surface area contributed by atoms with Gasteiger partial charge in [-0.05, 0) is 37.3 Å². The van der Waals surface area contributed by atoms with Gasteiger partial charge in [0.05, 0.1) is 17.3 Å². The molecule has 0 bridgehead atoms. The number of nitrogens with one attached hydrogen (secondary N) is 1. The Morgan fingerprint density at radius 3 is 2.63 bits per heavy atom. The van der Waals surface area contributed by atoms with E-state index in [0.29, 0.717) is 46.5 Å². The second-order valence-corrected chi connectivity index (χ2v) is 12.5. The number of rotatable bonds is 8. The quantitative estimate of drug-likeness (QED) is 0.481. The Bertz CT molecular complexity index is 1400. The lowest BCUT2D eigenvalue weighted by Crippen LogP contribution is -2.35. The van der Waals surface area contributed by atoms with Crippen LogP contribution in [0.5, 0.6) is 5.88 Å². The summed E-state index contributed by atoms with van der Waals surface area (Å²) in [4.78, 5) is 36.0. The molecule has 2 aliphatic carbocycles. The van der Waals surface area contributed by atoms with E-state index >= 15 is 0 Å². The van der Waals surface area contributed by atoms with Crippen LogP contribution in [0.2, 0.25) is 0 Å². The van der Waals surface area contributed by atoms with Crippen LogP contribution in [0.1, 0.15) is 57.4 Å². The molecule has 1 N–H and O–H groups in total. The number of anilines is 1. The summed E-state index contributed by atoms with van der Waals surface area (Å²) < 4.78 is 31.7. The van der Waals surface area contributed by atoms with E-state index in [-0.39, 0.29) is 10.8 Å². The minimum absolute atomic E-state index is 0.0317. The summed E-state index contributed by atoms with van der Waals surface area (Å²) in [6.45, 7) is 0. The van der Waals surface area contributed by atoms with Crippen molar-refractivity contribution in [2.24, 2.45) is 5.92 Å². The van der Waals surface area contributed by atoms with Crippen molar-refractivity contribution in [3.63, 3.8) is 0 Å². The maximum atomic E-state index is 13.5. The molecule has 9 nitrogen and oxygen atoms in total. The smallest absolute Gasteiger partial charge is 0.252 e. The Morgan fingerprint density at radius 2 is 1.94 bits per heavy atom. The fourth-order valence-corrected chi connectivity index (χ4v) is 7.21. The van der Waals surface area contributed by atoms with E-state index in [1.165, 1.54) is 41.7 Å². The molecule has 0 saturated heterocycles. The SMILES string of the molecule is COc1ccc2nc(NC(=O)C(CC3CCCCC3)n3ccc(S(=O)(=O)C4CC4)cc3=O)sc2n1. The van der Waals surface area contributed by atoms with Gasteiger partial charge in [0.15, 0.2) is 15.0 Å². The number of pyridine rings is 2. The molecule has 0 aliphatic heterocycles. The van der Waals surface area contributed by atoms with Crippen molar-refractivity contribution in [1.82, 2.24) is 14.5 Å². The highest BCUT2D eigenvalue weighted by molar-refractivity contribution is 7.92. The summed E-state index contributed by atoms with van der Waals surface area (Å²) in [7, 11) is -1.95. The van der Waals surface area contributed by atoms with Gasteiger partial charge in [-0.2, -0.15) is 0 Å². The average molecular weight is 517 g/mol. The van der Waals surface area contributed by atoms with Crippen LogP contribution in [-0.4, -0.2) is 41.2 Å². The first-order valence-electron chi connectivity index (χ1n) is 11.9. The maximum Gasteiger partial charge on any atom is 0.252 e. The number of methoxy groups -OCH3 is 1. The molecule has 186 valence electrons. The number of fused-ring (bicyclic) bond motifs is 1. The normalized spacial score (nSPS) is 17.9. The topological polar surface area (TPSA) is 120 Å². The number of amides is 1. The molecule has 0 radical (unpaired) electrons. The molecular formula is C24H28N4O5S2. The van der Waals surface area contributed by atoms with E-state index in [4.69, 9.17) is 4.74 Å². The standard InChI is InChI=1S/C24H28N4O5S2/c1-33-20-10-9-18-23(26-20)34-24(25-18)27-22(30)19(13-15-5-3-2-4-6-15)28-12-11-17(14-21(28)29)35(31,32)16-7-8-16/h9-12,14-16,19H,2-8,13H2,1H3,(H,25,27,30). The van der Waals surface area contributed by atoms with Gasteiger partial charge in [0.25, 0.3) is 5.56 Å². The zero-order chi connectivity index (χ0) is 24.6. The maximum absolute atomic E-state index is 13.5. The van der Waals surface area contributed by atoms with Gasteiger partial charge in [0.2, 0.25) is 11.8 Å². The van der Waals surface area contributed by atoms with Crippen molar-refractivity contribution in [2.45, 2.75) is 67.6 Å². The molecule has 0 aromatic carbocycles. The third-order valence-corrected chi connectivity index (χ3v) is 9.94. The van der Waals surface area contributed by atoms with Gasteiger partial charge in [-0.1, -0.05) is 43.4 Å². The van der Waals surface area contributed by atoms with Crippen molar-refractivity contribution in [3.05, 3.63) is 40.8 Å². The zero-order valence-electron chi connectivity index (χ0n) is 19.5. The van der Waals surface area contributed by atoms with Crippen molar-refractivity contribution in [1.29, 1.82) is 0 Å². The lowest BCUT2D eigenvalue weighted by molar-refractivity contribution is -0.120. The predicted molar refractivity (Wildman–Crippen MR) is 134 cm³/mol. The number of aromatic nitrogens is 3. The number of ether oxygens (including phenoxy) is 1. The molecule has 35 heavy (non-hydrogen) atoms. The second-order valence-electron chi connectivity index (χ2n) is 9.29. The Kier molecular flexibility index (Phi) is 6.63. The Balaban J connectivity index is 1.43. The van der Waals surface area contributed by atoms with Crippen molar-refractivity contribution in [3.8, 4) is 5.88 Å². The lowest BCUT2D eigenvalue weighted by Gasteiger charge is -2.27. The van der Waals surface area contributed by atoms with E-state index in [0.717, 1.165) is 31.7 Å². The molecule has 2 fully saturated rings. The van der Waals surface area contributed by atoms with Gasteiger partial charge >= 0.3 is 0 Å². The van der Waals surface area contributed by atoms with Gasteiger partial charge < -0.3 is 14.6 Å². The number of hydrogen-bond acceptors (Lipinski definition) is 8. The second kappa shape index (κ2) is 9.69. The van der Waals surface area contributed by atoms with Crippen molar-refractivity contribution < 1.29 is 17.9 Å². The monoisotopic (exact) mass is 516 g/mol. The van der Waals surface area contributed by atoms with E-state index in [9.17, 15) is 18.0 Å². The summed E-state index contributed by atoms with van der Waals surface area (Å²) >= 11 is 1.23. The summed E-state index contributed by atoms with van der Waals surface area (Å²) in [5, 5.41) is 2.86. The van der Waals surface area contributed by atoms with Crippen molar-refractivity contribution >= 4 is 42.6 Å². The molecule has 1 atom stereocenters. The van der Waals surface area contributed by atoms with Crippen LogP contribution in [-0.2, 0) is 14.6 Å². The van der Waals surface area contributed by atoms with E-state index in [1.54, 1.807) is 12.1 Å². The number of carbonyl (C=O) groups excluding carboxylic acids is 1. The van der Waals surface area contributed by atoms with E-state index in [1.807, 2.05) is 0 Å². The fraction of sp³-hybridized carbons (Fsp3) is 0.500. The highest BCUT2D eigenvalue weighted by Gasteiger charge is 2.37. The number of sulfone groups is 1. The van der Waals surface area contributed by atoms with Gasteiger partial charge in [-0.15, -0.1) is 0 Å². The molecule has 2 aliphatic rings. The molecule has 5 rings (SSSR count). The van der Waals surface area contributed by atoms with E-state index < -0.39 is 26.7 Å².